The Morgan fingerprint density at radius 3 is 0.968 bits per heavy atom. The van der Waals surface area contributed by atoms with E-state index >= 15 is 0 Å². The predicted molar refractivity (Wildman–Crippen MR) is 257 cm³/mol. The number of rotatable bonds is 8. The number of aromatic nitrogens is 4. The van der Waals surface area contributed by atoms with Gasteiger partial charge in [0.1, 0.15) is 0 Å². The fourth-order valence-corrected chi connectivity index (χ4v) is 8.30. The molecule has 0 unspecified atom stereocenters. The van der Waals surface area contributed by atoms with E-state index in [1.807, 2.05) is 36.4 Å². The number of anilines is 6. The van der Waals surface area contributed by atoms with Gasteiger partial charge in [-0.05, 0) is 119 Å². The quantitative estimate of drug-likeness (QED) is 0.142. The summed E-state index contributed by atoms with van der Waals surface area (Å²) in [7, 11) is 0. The molecular formula is C56H38N6Zn. The zero-order valence-corrected chi connectivity index (χ0v) is 37.3. The van der Waals surface area contributed by atoms with Gasteiger partial charge in [0.05, 0.1) is 22.8 Å². The Labute approximate surface area is 379 Å². The zero-order chi connectivity index (χ0) is 41.2. The summed E-state index contributed by atoms with van der Waals surface area (Å²) < 4.78 is 0. The molecule has 5 heterocycles. The number of hydrogen-bond acceptors (Lipinski definition) is 4. The van der Waals surface area contributed by atoms with Gasteiger partial charge >= 0.3 is 19.5 Å². The van der Waals surface area contributed by atoms with Crippen LogP contribution in [0.3, 0.4) is 0 Å². The zero-order valence-electron chi connectivity index (χ0n) is 34.3. The van der Waals surface area contributed by atoms with Crippen molar-refractivity contribution in [2.24, 2.45) is 0 Å². The van der Waals surface area contributed by atoms with Gasteiger partial charge in [-0.15, -0.1) is 22.1 Å². The average molecular weight is 860 g/mol. The van der Waals surface area contributed by atoms with E-state index < -0.39 is 0 Å². The fraction of sp³-hybridized carbons (Fsp3) is 0. The fourth-order valence-electron chi connectivity index (χ4n) is 8.30. The van der Waals surface area contributed by atoms with Crippen molar-refractivity contribution in [3.05, 3.63) is 229 Å². The molecule has 8 bridgehead atoms. The number of hydrogen-bond donors (Lipinski definition) is 0. The van der Waals surface area contributed by atoms with E-state index in [0.717, 1.165) is 101 Å². The molecular weight excluding hydrogens is 822 g/mol. The molecule has 294 valence electrons. The molecule has 0 saturated heterocycles. The summed E-state index contributed by atoms with van der Waals surface area (Å²) in [6.07, 6.45) is 8.26. The molecule has 6 nitrogen and oxygen atoms in total. The molecule has 9 aromatic rings. The van der Waals surface area contributed by atoms with Gasteiger partial charge < -0.3 is 19.8 Å². The van der Waals surface area contributed by atoms with Crippen molar-refractivity contribution < 1.29 is 19.5 Å². The van der Waals surface area contributed by atoms with Crippen LogP contribution in [0.4, 0.5) is 34.1 Å². The summed E-state index contributed by atoms with van der Waals surface area (Å²) in [5.74, 6) is 0. The van der Waals surface area contributed by atoms with Crippen LogP contribution in [0.25, 0.3) is 68.6 Å². The van der Waals surface area contributed by atoms with Crippen LogP contribution in [0.2, 0.25) is 0 Å². The van der Waals surface area contributed by atoms with Crippen molar-refractivity contribution in [3.8, 4) is 22.3 Å². The van der Waals surface area contributed by atoms with Crippen LogP contribution in [0.1, 0.15) is 22.8 Å². The van der Waals surface area contributed by atoms with Crippen molar-refractivity contribution in [2.45, 2.75) is 0 Å². The maximum atomic E-state index is 5.17. The summed E-state index contributed by atoms with van der Waals surface area (Å²) >= 11 is 0. The summed E-state index contributed by atoms with van der Waals surface area (Å²) in [6, 6.07) is 71.5. The molecule has 63 heavy (non-hydrogen) atoms. The molecule has 0 radical (unpaired) electrons. The van der Waals surface area contributed by atoms with E-state index in [0.29, 0.717) is 0 Å². The predicted octanol–water partition coefficient (Wildman–Crippen LogP) is 14.2. The Kier molecular flexibility index (Phi) is 10.8. The smallest absolute Gasteiger partial charge is 0.657 e. The maximum absolute atomic E-state index is 5.17. The van der Waals surface area contributed by atoms with E-state index in [2.05, 4.69) is 204 Å². The first-order chi connectivity index (χ1) is 30.7. The van der Waals surface area contributed by atoms with Crippen molar-refractivity contribution in [3.63, 3.8) is 0 Å². The van der Waals surface area contributed by atoms with Crippen LogP contribution in [0, 0.1) is 0 Å². The molecule has 0 atom stereocenters. The Morgan fingerprint density at radius 2 is 0.635 bits per heavy atom. The van der Waals surface area contributed by atoms with Crippen LogP contribution in [-0.2, 0) is 19.5 Å². The molecule has 2 aliphatic heterocycles. The first-order valence-electron chi connectivity index (χ1n) is 20.7. The SMILES string of the molecule is C1=Cc2nc1cc1ccc([n-]1)c(-c1ccc(N(c3ccccc3)c3ccccc3)cc1)c1nc(cc3ccc([n-]3)c2-c2ccc(N(c3ccccc3)c3ccccc3)cc2)C=C1.[Zn+2]. The van der Waals surface area contributed by atoms with E-state index in [1.165, 1.54) is 0 Å². The van der Waals surface area contributed by atoms with Gasteiger partial charge in [0.15, 0.2) is 0 Å². The largest absolute Gasteiger partial charge is 2.00 e. The molecule has 0 fully saturated rings. The molecule has 0 aliphatic carbocycles. The second-order valence-electron chi connectivity index (χ2n) is 15.2. The molecule has 7 heteroatoms. The van der Waals surface area contributed by atoms with Crippen molar-refractivity contribution >= 4 is 80.5 Å². The Morgan fingerprint density at radius 1 is 0.317 bits per heavy atom. The van der Waals surface area contributed by atoms with Gasteiger partial charge in [-0.3, -0.25) is 0 Å². The molecule has 11 rings (SSSR count). The number of nitrogens with zero attached hydrogens (tertiary/aromatic N) is 6. The normalized spacial score (nSPS) is 11.6. The van der Waals surface area contributed by atoms with E-state index in [1.54, 1.807) is 0 Å². The average Bonchev–Trinajstić information content (AvgIpc) is 4.17. The van der Waals surface area contributed by atoms with Crippen LogP contribution in [-0.4, -0.2) is 9.97 Å². The number of para-hydroxylation sites is 4. The van der Waals surface area contributed by atoms with Crippen molar-refractivity contribution in [1.82, 2.24) is 19.9 Å². The summed E-state index contributed by atoms with van der Waals surface area (Å²) in [4.78, 5) is 25.2. The van der Waals surface area contributed by atoms with Gasteiger partial charge in [0.25, 0.3) is 0 Å². The molecule has 0 amide bonds. The van der Waals surface area contributed by atoms with Crippen LogP contribution in [0.5, 0.6) is 0 Å². The van der Waals surface area contributed by atoms with E-state index in [4.69, 9.17) is 19.9 Å². The standard InChI is InChI=1S/C56H38N6.Zn/c1-5-13-45(14-6-1)61(46-15-7-2-8-16-46)49-29-21-39(22-30-49)55-51-33-25-41(57-51)37-43-27-35-53(59-43)56(54-36-28-44(60-54)38-42-26-34-52(55)58-42)40-23-31-50(32-24-40)62(47-17-9-3-10-18-47)48-19-11-4-12-20-48;/h1-38H;/q-2;+2. The van der Waals surface area contributed by atoms with Gasteiger partial charge in [-0.25, -0.2) is 9.97 Å². The minimum atomic E-state index is 0. The number of benzene rings is 6. The number of fused-ring (bicyclic) bond motifs is 8. The van der Waals surface area contributed by atoms with E-state index in [-0.39, 0.29) is 19.5 Å². The topological polar surface area (TPSA) is 60.5 Å². The molecule has 2 aliphatic rings. The summed E-state index contributed by atoms with van der Waals surface area (Å²) in [5, 5.41) is 0. The van der Waals surface area contributed by atoms with Crippen molar-refractivity contribution in [2.75, 3.05) is 9.80 Å². The molecule has 6 aromatic carbocycles. The second-order valence-corrected chi connectivity index (χ2v) is 15.2. The second kappa shape index (κ2) is 17.3. The third-order valence-corrected chi connectivity index (χ3v) is 11.1. The molecule has 0 N–H and O–H groups in total. The molecule has 0 saturated carbocycles. The van der Waals surface area contributed by atoms with Crippen LogP contribution >= 0.6 is 0 Å². The van der Waals surface area contributed by atoms with E-state index in [9.17, 15) is 0 Å². The monoisotopic (exact) mass is 858 g/mol. The van der Waals surface area contributed by atoms with Crippen LogP contribution in [0.15, 0.2) is 206 Å². The first-order valence-corrected chi connectivity index (χ1v) is 20.7. The third kappa shape index (κ3) is 7.94. The van der Waals surface area contributed by atoms with Gasteiger partial charge in [0, 0.05) is 34.1 Å². The Hall–Kier alpha value is -7.86. The molecule has 3 aromatic heterocycles. The van der Waals surface area contributed by atoms with Gasteiger partial charge in [0.2, 0.25) is 0 Å². The van der Waals surface area contributed by atoms with Crippen LogP contribution < -0.4 is 19.8 Å². The van der Waals surface area contributed by atoms with Gasteiger partial charge in [-0.1, -0.05) is 133 Å². The maximum Gasteiger partial charge on any atom is 2.00 e. The first kappa shape index (κ1) is 39.3. The minimum absolute atomic E-state index is 0. The minimum Gasteiger partial charge on any atom is -0.657 e. The van der Waals surface area contributed by atoms with Crippen molar-refractivity contribution in [1.29, 1.82) is 0 Å². The third-order valence-electron chi connectivity index (χ3n) is 11.1. The summed E-state index contributed by atoms with van der Waals surface area (Å²) in [6.45, 7) is 0. The Bertz CT molecular complexity index is 2960. The van der Waals surface area contributed by atoms with Gasteiger partial charge in [-0.2, -0.15) is 0 Å². The summed E-state index contributed by atoms with van der Waals surface area (Å²) in [5.41, 5.74) is 17.1. The Balaban J connectivity index is 0.00000471. The molecule has 0 spiro atoms.